The second-order valence-electron chi connectivity index (χ2n) is 5.61. The summed E-state index contributed by atoms with van der Waals surface area (Å²) < 4.78 is 0. The lowest BCUT2D eigenvalue weighted by atomic mass is 10.2. The standard InChI is InChI=1S/C18H22N4O2/c1-13(17(23)21-18(19)24)20-15-8-10-16(11-9-15)22(2)12-14-6-4-3-5-7-14/h3-11,13,20H,12H2,1-2H3,(H3,19,21,23,24)/t13-/m0/s1. The van der Waals surface area contributed by atoms with E-state index in [4.69, 9.17) is 5.73 Å². The van der Waals surface area contributed by atoms with Crippen LogP contribution < -0.4 is 21.3 Å². The first kappa shape index (κ1) is 17.3. The Hall–Kier alpha value is -3.02. The van der Waals surface area contributed by atoms with E-state index in [1.54, 1.807) is 6.92 Å². The van der Waals surface area contributed by atoms with Crippen LogP contribution in [0.25, 0.3) is 0 Å². The van der Waals surface area contributed by atoms with E-state index < -0.39 is 18.0 Å². The number of nitrogens with two attached hydrogens (primary N) is 1. The first-order chi connectivity index (χ1) is 11.5. The largest absolute Gasteiger partial charge is 0.374 e. The molecule has 0 aliphatic carbocycles. The van der Waals surface area contributed by atoms with Crippen molar-refractivity contribution in [1.82, 2.24) is 5.32 Å². The molecule has 126 valence electrons. The molecule has 0 radical (unpaired) electrons. The lowest BCUT2D eigenvalue weighted by molar-refractivity contribution is -0.120. The summed E-state index contributed by atoms with van der Waals surface area (Å²) in [6, 6.07) is 16.5. The van der Waals surface area contributed by atoms with Crippen molar-refractivity contribution in [3.63, 3.8) is 0 Å². The van der Waals surface area contributed by atoms with Crippen LogP contribution in [-0.2, 0) is 11.3 Å². The Morgan fingerprint density at radius 3 is 2.29 bits per heavy atom. The normalized spacial score (nSPS) is 11.4. The molecule has 0 aromatic heterocycles. The second kappa shape index (κ2) is 8.01. The summed E-state index contributed by atoms with van der Waals surface area (Å²) in [7, 11) is 2.03. The molecule has 3 amide bonds. The number of rotatable bonds is 6. The molecule has 0 spiro atoms. The highest BCUT2D eigenvalue weighted by Crippen LogP contribution is 2.19. The van der Waals surface area contributed by atoms with Crippen molar-refractivity contribution in [3.8, 4) is 0 Å². The van der Waals surface area contributed by atoms with E-state index in [0.29, 0.717) is 0 Å². The van der Waals surface area contributed by atoms with Crippen molar-refractivity contribution in [1.29, 1.82) is 0 Å². The lowest BCUT2D eigenvalue weighted by Gasteiger charge is -2.20. The summed E-state index contributed by atoms with van der Waals surface area (Å²) >= 11 is 0. The average Bonchev–Trinajstić information content (AvgIpc) is 2.55. The molecule has 0 fully saturated rings. The Labute approximate surface area is 141 Å². The molecule has 0 heterocycles. The molecule has 2 rings (SSSR count). The molecule has 24 heavy (non-hydrogen) atoms. The van der Waals surface area contributed by atoms with E-state index in [0.717, 1.165) is 17.9 Å². The molecule has 2 aromatic rings. The van der Waals surface area contributed by atoms with E-state index >= 15 is 0 Å². The fourth-order valence-corrected chi connectivity index (χ4v) is 2.31. The van der Waals surface area contributed by atoms with E-state index in [9.17, 15) is 9.59 Å². The van der Waals surface area contributed by atoms with Gasteiger partial charge in [-0.05, 0) is 36.8 Å². The van der Waals surface area contributed by atoms with Gasteiger partial charge in [0, 0.05) is 25.0 Å². The van der Waals surface area contributed by atoms with Gasteiger partial charge < -0.3 is 16.0 Å². The third kappa shape index (κ3) is 5.01. The Kier molecular flexibility index (Phi) is 5.78. The predicted octanol–water partition coefficient (Wildman–Crippen LogP) is 2.32. The minimum absolute atomic E-state index is 0.465. The van der Waals surface area contributed by atoms with Crippen LogP contribution in [0.3, 0.4) is 0 Å². The van der Waals surface area contributed by atoms with E-state index in [2.05, 4.69) is 22.3 Å². The molecule has 4 N–H and O–H groups in total. The molecule has 0 aliphatic heterocycles. The maximum absolute atomic E-state index is 11.7. The van der Waals surface area contributed by atoms with Crippen LogP contribution in [0.5, 0.6) is 0 Å². The number of amides is 3. The van der Waals surface area contributed by atoms with Gasteiger partial charge in [-0.1, -0.05) is 30.3 Å². The van der Waals surface area contributed by atoms with Crippen LogP contribution in [-0.4, -0.2) is 25.0 Å². The molecule has 6 heteroatoms. The summed E-state index contributed by atoms with van der Waals surface area (Å²) in [5.41, 5.74) is 8.03. The lowest BCUT2D eigenvalue weighted by Crippen LogP contribution is -2.43. The minimum atomic E-state index is -0.855. The Bertz CT molecular complexity index is 686. The molecule has 0 saturated heterocycles. The first-order valence-corrected chi connectivity index (χ1v) is 7.67. The second-order valence-corrected chi connectivity index (χ2v) is 5.61. The summed E-state index contributed by atoms with van der Waals surface area (Å²) in [6.45, 7) is 2.47. The van der Waals surface area contributed by atoms with Crippen LogP contribution in [0, 0.1) is 0 Å². The average molecular weight is 326 g/mol. The maximum atomic E-state index is 11.7. The van der Waals surface area contributed by atoms with Crippen molar-refractivity contribution in [3.05, 3.63) is 60.2 Å². The summed E-state index contributed by atoms with van der Waals surface area (Å²) in [6.07, 6.45) is 0. The Morgan fingerprint density at radius 2 is 1.71 bits per heavy atom. The highest BCUT2D eigenvalue weighted by Gasteiger charge is 2.14. The zero-order valence-electron chi connectivity index (χ0n) is 13.8. The topological polar surface area (TPSA) is 87.5 Å². The summed E-state index contributed by atoms with van der Waals surface area (Å²) in [5, 5.41) is 5.07. The Morgan fingerprint density at radius 1 is 1.08 bits per heavy atom. The van der Waals surface area contributed by atoms with Gasteiger partial charge in [-0.25, -0.2) is 4.79 Å². The molecule has 0 aliphatic rings. The number of anilines is 2. The highest BCUT2D eigenvalue weighted by molar-refractivity contribution is 5.97. The van der Waals surface area contributed by atoms with Gasteiger partial charge >= 0.3 is 6.03 Å². The highest BCUT2D eigenvalue weighted by atomic mass is 16.2. The van der Waals surface area contributed by atoms with Crippen LogP contribution in [0.1, 0.15) is 12.5 Å². The summed E-state index contributed by atoms with van der Waals surface area (Å²) in [5.74, 6) is -0.465. The van der Waals surface area contributed by atoms with E-state index in [-0.39, 0.29) is 0 Å². The monoisotopic (exact) mass is 326 g/mol. The van der Waals surface area contributed by atoms with Gasteiger partial charge in [0.2, 0.25) is 5.91 Å². The van der Waals surface area contributed by atoms with Crippen molar-refractivity contribution in [2.24, 2.45) is 5.73 Å². The SMILES string of the molecule is C[C@H](Nc1ccc(N(C)Cc2ccccc2)cc1)C(=O)NC(N)=O. The molecule has 0 saturated carbocycles. The molecule has 1 atom stereocenters. The fraction of sp³-hybridized carbons (Fsp3) is 0.222. The predicted molar refractivity (Wildman–Crippen MR) is 95.8 cm³/mol. The fourth-order valence-electron chi connectivity index (χ4n) is 2.31. The van der Waals surface area contributed by atoms with E-state index in [1.165, 1.54) is 5.56 Å². The molecule has 0 unspecified atom stereocenters. The smallest absolute Gasteiger partial charge is 0.318 e. The number of hydrogen-bond acceptors (Lipinski definition) is 4. The summed E-state index contributed by atoms with van der Waals surface area (Å²) in [4.78, 5) is 24.5. The van der Waals surface area contributed by atoms with Gasteiger partial charge in [-0.2, -0.15) is 0 Å². The van der Waals surface area contributed by atoms with Gasteiger partial charge in [-0.3, -0.25) is 10.1 Å². The van der Waals surface area contributed by atoms with Crippen molar-refractivity contribution < 1.29 is 9.59 Å². The van der Waals surface area contributed by atoms with Crippen LogP contribution >= 0.6 is 0 Å². The molecule has 2 aromatic carbocycles. The van der Waals surface area contributed by atoms with Crippen LogP contribution in [0.4, 0.5) is 16.2 Å². The van der Waals surface area contributed by atoms with Gasteiger partial charge in [-0.15, -0.1) is 0 Å². The van der Waals surface area contributed by atoms with Gasteiger partial charge in [0.25, 0.3) is 0 Å². The third-order valence-corrected chi connectivity index (χ3v) is 3.59. The molecular weight excluding hydrogens is 304 g/mol. The number of imide groups is 1. The number of nitrogens with one attached hydrogen (secondary N) is 2. The van der Waals surface area contributed by atoms with Crippen molar-refractivity contribution >= 4 is 23.3 Å². The van der Waals surface area contributed by atoms with Crippen molar-refractivity contribution in [2.45, 2.75) is 19.5 Å². The van der Waals surface area contributed by atoms with Gasteiger partial charge in [0.1, 0.15) is 6.04 Å². The van der Waals surface area contributed by atoms with Crippen LogP contribution in [0.2, 0.25) is 0 Å². The van der Waals surface area contributed by atoms with Gasteiger partial charge in [0.15, 0.2) is 0 Å². The maximum Gasteiger partial charge on any atom is 0.318 e. The number of carbonyl (C=O) groups excluding carboxylic acids is 2. The zero-order valence-corrected chi connectivity index (χ0v) is 13.8. The van der Waals surface area contributed by atoms with Crippen LogP contribution in [0.15, 0.2) is 54.6 Å². The number of urea groups is 1. The quantitative estimate of drug-likeness (QED) is 0.760. The molecular formula is C18H22N4O2. The number of carbonyl (C=O) groups is 2. The number of hydrogen-bond donors (Lipinski definition) is 3. The van der Waals surface area contributed by atoms with Gasteiger partial charge in [0.05, 0.1) is 0 Å². The minimum Gasteiger partial charge on any atom is -0.374 e. The number of benzene rings is 2. The number of nitrogens with zero attached hydrogens (tertiary/aromatic N) is 1. The first-order valence-electron chi connectivity index (χ1n) is 7.67. The number of primary amides is 1. The molecule has 6 nitrogen and oxygen atoms in total. The van der Waals surface area contributed by atoms with Crippen molar-refractivity contribution in [2.75, 3.05) is 17.3 Å². The Balaban J connectivity index is 1.95. The zero-order chi connectivity index (χ0) is 17.5. The third-order valence-electron chi connectivity index (χ3n) is 3.59. The van der Waals surface area contributed by atoms with E-state index in [1.807, 2.05) is 54.8 Å². The molecule has 0 bridgehead atoms.